The summed E-state index contributed by atoms with van der Waals surface area (Å²) in [6.45, 7) is 4.98. The van der Waals surface area contributed by atoms with E-state index in [0.29, 0.717) is 17.0 Å². The number of benzene rings is 2. The van der Waals surface area contributed by atoms with Crippen molar-refractivity contribution in [1.29, 1.82) is 5.26 Å². The lowest BCUT2D eigenvalue weighted by Crippen LogP contribution is -2.50. The van der Waals surface area contributed by atoms with Crippen LogP contribution in [0, 0.1) is 11.3 Å². The molecule has 3 rings (SSSR count). The number of amides is 1. The topological polar surface area (TPSA) is 92.1 Å². The van der Waals surface area contributed by atoms with Crippen LogP contribution in [-0.2, 0) is 16.0 Å². The SMILES string of the molecule is C[C@H](NC(=O)C(C)(C)OC(=O)c1ccccn1)[C@@H](Cc1ccc(Cl)cc1)c1cccc(C#N)c1. The zero-order chi connectivity index (χ0) is 24.7. The van der Waals surface area contributed by atoms with Gasteiger partial charge in [0.25, 0.3) is 5.91 Å². The van der Waals surface area contributed by atoms with Crippen molar-refractivity contribution < 1.29 is 14.3 Å². The van der Waals surface area contributed by atoms with Crippen LogP contribution in [0.15, 0.2) is 72.9 Å². The van der Waals surface area contributed by atoms with Gasteiger partial charge in [-0.2, -0.15) is 5.26 Å². The molecule has 0 fully saturated rings. The predicted octanol–water partition coefficient (Wildman–Crippen LogP) is 5.07. The van der Waals surface area contributed by atoms with Gasteiger partial charge in [-0.15, -0.1) is 0 Å². The van der Waals surface area contributed by atoms with Crippen molar-refractivity contribution in [1.82, 2.24) is 10.3 Å². The van der Waals surface area contributed by atoms with Gasteiger partial charge in [-0.05, 0) is 74.7 Å². The minimum atomic E-state index is -1.41. The average molecular weight is 476 g/mol. The van der Waals surface area contributed by atoms with Gasteiger partial charge in [-0.1, -0.05) is 41.9 Å². The normalized spacial score (nSPS) is 12.8. The molecule has 1 N–H and O–H groups in total. The molecule has 0 aliphatic heterocycles. The van der Waals surface area contributed by atoms with Gasteiger partial charge in [0.2, 0.25) is 0 Å². The Bertz CT molecular complexity index is 1190. The van der Waals surface area contributed by atoms with E-state index in [1.165, 1.54) is 12.3 Å². The number of hydrogen-bond acceptors (Lipinski definition) is 5. The summed E-state index contributed by atoms with van der Waals surface area (Å²) >= 11 is 6.03. The van der Waals surface area contributed by atoms with Crippen molar-refractivity contribution in [3.8, 4) is 6.07 Å². The van der Waals surface area contributed by atoms with Crippen LogP contribution >= 0.6 is 11.6 Å². The van der Waals surface area contributed by atoms with Gasteiger partial charge in [-0.25, -0.2) is 9.78 Å². The van der Waals surface area contributed by atoms with E-state index >= 15 is 0 Å². The zero-order valence-corrected chi connectivity index (χ0v) is 20.0. The van der Waals surface area contributed by atoms with E-state index in [2.05, 4.69) is 16.4 Å². The quantitative estimate of drug-likeness (QED) is 0.459. The summed E-state index contributed by atoms with van der Waals surface area (Å²) in [5, 5.41) is 13.0. The molecule has 0 bridgehead atoms. The summed E-state index contributed by atoms with van der Waals surface area (Å²) in [5.74, 6) is -1.24. The summed E-state index contributed by atoms with van der Waals surface area (Å²) in [4.78, 5) is 29.5. The summed E-state index contributed by atoms with van der Waals surface area (Å²) in [6, 6.07) is 21.6. The van der Waals surface area contributed by atoms with Crippen LogP contribution in [0.5, 0.6) is 0 Å². The van der Waals surface area contributed by atoms with E-state index in [-0.39, 0.29) is 17.7 Å². The van der Waals surface area contributed by atoms with E-state index in [0.717, 1.165) is 11.1 Å². The molecule has 1 heterocycles. The first-order chi connectivity index (χ1) is 16.2. The second-order valence-corrected chi connectivity index (χ2v) is 8.99. The van der Waals surface area contributed by atoms with Crippen molar-refractivity contribution >= 4 is 23.5 Å². The largest absolute Gasteiger partial charge is 0.445 e. The Morgan fingerprint density at radius 3 is 2.50 bits per heavy atom. The molecule has 0 radical (unpaired) electrons. The second kappa shape index (κ2) is 11.0. The molecule has 0 unspecified atom stereocenters. The highest BCUT2D eigenvalue weighted by Crippen LogP contribution is 2.27. The van der Waals surface area contributed by atoms with Gasteiger partial charge < -0.3 is 10.1 Å². The lowest BCUT2D eigenvalue weighted by atomic mass is 9.85. The first kappa shape index (κ1) is 24.9. The summed E-state index contributed by atoms with van der Waals surface area (Å²) in [7, 11) is 0. The number of aromatic nitrogens is 1. The third kappa shape index (κ3) is 6.43. The van der Waals surface area contributed by atoms with Gasteiger partial charge in [0.05, 0.1) is 11.6 Å². The molecular formula is C27H26ClN3O3. The number of nitrogens with zero attached hydrogens (tertiary/aromatic N) is 2. The zero-order valence-electron chi connectivity index (χ0n) is 19.3. The monoisotopic (exact) mass is 475 g/mol. The Labute approximate surface area is 204 Å². The number of nitriles is 1. The van der Waals surface area contributed by atoms with Gasteiger partial charge in [0.15, 0.2) is 5.60 Å². The Morgan fingerprint density at radius 2 is 1.85 bits per heavy atom. The van der Waals surface area contributed by atoms with E-state index in [1.807, 2.05) is 49.4 Å². The number of nitrogens with one attached hydrogen (secondary N) is 1. The molecule has 7 heteroatoms. The third-order valence-corrected chi connectivity index (χ3v) is 5.80. The molecule has 174 valence electrons. The number of carbonyl (C=O) groups is 2. The van der Waals surface area contributed by atoms with Crippen LogP contribution in [0.1, 0.15) is 53.9 Å². The third-order valence-electron chi connectivity index (χ3n) is 5.54. The molecule has 1 amide bonds. The van der Waals surface area contributed by atoms with Crippen LogP contribution in [0.3, 0.4) is 0 Å². The lowest BCUT2D eigenvalue weighted by Gasteiger charge is -2.30. The highest BCUT2D eigenvalue weighted by molar-refractivity contribution is 6.30. The maximum absolute atomic E-state index is 13.1. The van der Waals surface area contributed by atoms with Crippen LogP contribution in [0.25, 0.3) is 0 Å². The van der Waals surface area contributed by atoms with Crippen LogP contribution in [0.2, 0.25) is 5.02 Å². The fraction of sp³-hybridized carbons (Fsp3) is 0.259. The summed E-state index contributed by atoms with van der Waals surface area (Å²) < 4.78 is 5.47. The molecule has 0 spiro atoms. The molecule has 6 nitrogen and oxygen atoms in total. The van der Waals surface area contributed by atoms with Crippen molar-refractivity contribution in [2.75, 3.05) is 0 Å². The van der Waals surface area contributed by atoms with Crippen molar-refractivity contribution in [2.24, 2.45) is 0 Å². The maximum Gasteiger partial charge on any atom is 0.357 e. The number of rotatable bonds is 8. The minimum absolute atomic E-state index is 0.130. The smallest absolute Gasteiger partial charge is 0.357 e. The van der Waals surface area contributed by atoms with Crippen molar-refractivity contribution in [3.63, 3.8) is 0 Å². The fourth-order valence-electron chi connectivity index (χ4n) is 3.59. The Kier molecular flexibility index (Phi) is 8.04. The first-order valence-electron chi connectivity index (χ1n) is 10.9. The van der Waals surface area contributed by atoms with Crippen LogP contribution in [0.4, 0.5) is 0 Å². The number of hydrogen-bond donors (Lipinski definition) is 1. The second-order valence-electron chi connectivity index (χ2n) is 8.55. The number of halogens is 1. The standard InChI is InChI=1S/C27H26ClN3O3/c1-18(31-26(33)27(2,3)34-25(32)24-9-4-5-14-30-24)23(16-19-10-12-22(28)13-11-19)21-8-6-7-20(15-21)17-29/h4-15,18,23H,16H2,1-3H3,(H,31,33)/t18-,23+/m0/s1. The number of esters is 1. The molecule has 2 aromatic carbocycles. The van der Waals surface area contributed by atoms with E-state index in [4.69, 9.17) is 16.3 Å². The maximum atomic E-state index is 13.1. The number of ether oxygens (including phenoxy) is 1. The highest BCUT2D eigenvalue weighted by atomic mass is 35.5. The van der Waals surface area contributed by atoms with Gasteiger partial charge in [-0.3, -0.25) is 4.79 Å². The van der Waals surface area contributed by atoms with E-state index < -0.39 is 17.5 Å². The molecule has 1 aromatic heterocycles. The first-order valence-corrected chi connectivity index (χ1v) is 11.3. The van der Waals surface area contributed by atoms with Crippen LogP contribution in [-0.4, -0.2) is 28.5 Å². The fourth-order valence-corrected chi connectivity index (χ4v) is 3.72. The molecular weight excluding hydrogens is 450 g/mol. The Morgan fingerprint density at radius 1 is 1.12 bits per heavy atom. The van der Waals surface area contributed by atoms with Crippen molar-refractivity contribution in [3.05, 3.63) is 100 Å². The molecule has 0 saturated carbocycles. The van der Waals surface area contributed by atoms with Gasteiger partial charge in [0, 0.05) is 23.2 Å². The van der Waals surface area contributed by atoms with E-state index in [9.17, 15) is 14.9 Å². The number of carbonyl (C=O) groups excluding carboxylic acids is 2. The molecule has 0 aliphatic carbocycles. The van der Waals surface area contributed by atoms with Crippen molar-refractivity contribution in [2.45, 2.75) is 44.8 Å². The lowest BCUT2D eigenvalue weighted by molar-refractivity contribution is -0.138. The van der Waals surface area contributed by atoms with Crippen LogP contribution < -0.4 is 5.32 Å². The van der Waals surface area contributed by atoms with Gasteiger partial charge in [0.1, 0.15) is 5.69 Å². The highest BCUT2D eigenvalue weighted by Gasteiger charge is 2.35. The summed E-state index contributed by atoms with van der Waals surface area (Å²) in [5.41, 5.74) is 1.22. The molecule has 2 atom stereocenters. The Hall–Kier alpha value is -3.69. The molecule has 0 aliphatic rings. The average Bonchev–Trinajstić information content (AvgIpc) is 2.83. The Balaban J connectivity index is 1.80. The molecule has 34 heavy (non-hydrogen) atoms. The van der Waals surface area contributed by atoms with E-state index in [1.54, 1.807) is 32.0 Å². The number of pyridine rings is 1. The minimum Gasteiger partial charge on any atom is -0.445 e. The predicted molar refractivity (Wildman–Crippen MR) is 130 cm³/mol. The van der Waals surface area contributed by atoms with Gasteiger partial charge >= 0.3 is 5.97 Å². The summed E-state index contributed by atoms with van der Waals surface area (Å²) in [6.07, 6.45) is 2.10. The molecule has 3 aromatic rings. The molecule has 0 saturated heterocycles.